The SMILES string of the molecule is CSc1cc(C(C)(C)C)nc(-c2ccc(Cl)cc2)n1. The van der Waals surface area contributed by atoms with Crippen LogP contribution in [-0.2, 0) is 5.41 Å². The lowest BCUT2D eigenvalue weighted by molar-refractivity contribution is 0.564. The molecule has 0 aliphatic heterocycles. The van der Waals surface area contributed by atoms with Gasteiger partial charge in [-0.3, -0.25) is 0 Å². The van der Waals surface area contributed by atoms with Gasteiger partial charge >= 0.3 is 0 Å². The number of halogens is 1. The average Bonchev–Trinajstić information content (AvgIpc) is 2.38. The Morgan fingerprint density at radius 1 is 1.05 bits per heavy atom. The van der Waals surface area contributed by atoms with Crippen molar-refractivity contribution in [3.8, 4) is 11.4 Å². The van der Waals surface area contributed by atoms with E-state index in [1.165, 1.54) is 0 Å². The molecule has 0 saturated heterocycles. The van der Waals surface area contributed by atoms with Crippen molar-refractivity contribution in [2.24, 2.45) is 0 Å². The first-order valence-electron chi connectivity index (χ1n) is 6.09. The van der Waals surface area contributed by atoms with E-state index < -0.39 is 0 Å². The molecule has 0 spiro atoms. The van der Waals surface area contributed by atoms with Crippen molar-refractivity contribution in [2.75, 3.05) is 6.26 Å². The van der Waals surface area contributed by atoms with Gasteiger partial charge in [-0.25, -0.2) is 9.97 Å². The standard InChI is InChI=1S/C15H17ClN2S/c1-15(2,3)12-9-13(19-4)18-14(17-12)10-5-7-11(16)8-6-10/h5-9H,1-4H3. The highest BCUT2D eigenvalue weighted by molar-refractivity contribution is 7.98. The van der Waals surface area contributed by atoms with Crippen LogP contribution in [0.4, 0.5) is 0 Å². The largest absolute Gasteiger partial charge is 0.232 e. The van der Waals surface area contributed by atoms with Crippen molar-refractivity contribution in [1.82, 2.24) is 9.97 Å². The molecule has 1 aromatic carbocycles. The number of hydrogen-bond donors (Lipinski definition) is 0. The normalized spacial score (nSPS) is 11.6. The van der Waals surface area contributed by atoms with E-state index in [1.54, 1.807) is 11.8 Å². The van der Waals surface area contributed by atoms with E-state index in [4.69, 9.17) is 11.6 Å². The molecule has 0 aliphatic carbocycles. The molecule has 0 atom stereocenters. The van der Waals surface area contributed by atoms with Crippen LogP contribution in [0.2, 0.25) is 5.02 Å². The van der Waals surface area contributed by atoms with Crippen molar-refractivity contribution in [3.05, 3.63) is 41.0 Å². The van der Waals surface area contributed by atoms with Gasteiger partial charge in [-0.05, 0) is 36.6 Å². The molecule has 0 fully saturated rings. The summed E-state index contributed by atoms with van der Waals surface area (Å²) >= 11 is 7.55. The lowest BCUT2D eigenvalue weighted by Gasteiger charge is -2.19. The van der Waals surface area contributed by atoms with Crippen LogP contribution in [0.3, 0.4) is 0 Å². The number of rotatable bonds is 2. The number of benzene rings is 1. The molecule has 0 aliphatic rings. The van der Waals surface area contributed by atoms with Crippen molar-refractivity contribution in [1.29, 1.82) is 0 Å². The first-order valence-corrected chi connectivity index (χ1v) is 7.70. The highest BCUT2D eigenvalue weighted by Gasteiger charge is 2.18. The molecule has 100 valence electrons. The second-order valence-corrected chi connectivity index (χ2v) is 6.64. The van der Waals surface area contributed by atoms with Gasteiger partial charge < -0.3 is 0 Å². The first-order chi connectivity index (χ1) is 8.90. The fourth-order valence-electron chi connectivity index (χ4n) is 1.64. The van der Waals surface area contributed by atoms with E-state index >= 15 is 0 Å². The van der Waals surface area contributed by atoms with Crippen molar-refractivity contribution < 1.29 is 0 Å². The Hall–Kier alpha value is -1.06. The van der Waals surface area contributed by atoms with Crippen LogP contribution in [0.1, 0.15) is 26.5 Å². The Morgan fingerprint density at radius 2 is 1.68 bits per heavy atom. The van der Waals surface area contributed by atoms with E-state index in [2.05, 4.69) is 36.8 Å². The Morgan fingerprint density at radius 3 is 2.21 bits per heavy atom. The molecule has 0 radical (unpaired) electrons. The summed E-state index contributed by atoms with van der Waals surface area (Å²) in [6.07, 6.45) is 2.03. The second kappa shape index (κ2) is 5.51. The third-order valence-electron chi connectivity index (χ3n) is 2.78. The van der Waals surface area contributed by atoms with Crippen LogP contribution in [0, 0.1) is 0 Å². The summed E-state index contributed by atoms with van der Waals surface area (Å²) < 4.78 is 0. The third-order valence-corrected chi connectivity index (χ3v) is 3.66. The zero-order valence-corrected chi connectivity index (χ0v) is 13.1. The van der Waals surface area contributed by atoms with Gasteiger partial charge in [-0.1, -0.05) is 32.4 Å². The smallest absolute Gasteiger partial charge is 0.160 e. The van der Waals surface area contributed by atoms with Crippen LogP contribution in [0.15, 0.2) is 35.4 Å². The van der Waals surface area contributed by atoms with Gasteiger partial charge in [0.25, 0.3) is 0 Å². The lowest BCUT2D eigenvalue weighted by Crippen LogP contribution is -2.14. The van der Waals surface area contributed by atoms with E-state index in [9.17, 15) is 0 Å². The zero-order valence-electron chi connectivity index (χ0n) is 11.6. The molecule has 0 N–H and O–H groups in total. The fourth-order valence-corrected chi connectivity index (χ4v) is 2.18. The molecule has 2 aromatic rings. The Kier molecular flexibility index (Phi) is 4.16. The van der Waals surface area contributed by atoms with E-state index in [1.807, 2.05) is 30.5 Å². The monoisotopic (exact) mass is 292 g/mol. The highest BCUT2D eigenvalue weighted by atomic mass is 35.5. The van der Waals surface area contributed by atoms with Crippen molar-refractivity contribution in [2.45, 2.75) is 31.2 Å². The van der Waals surface area contributed by atoms with E-state index in [0.29, 0.717) is 0 Å². The summed E-state index contributed by atoms with van der Waals surface area (Å²) in [5.74, 6) is 0.758. The Labute approximate surface area is 123 Å². The maximum atomic E-state index is 5.92. The molecule has 4 heteroatoms. The van der Waals surface area contributed by atoms with Crippen LogP contribution < -0.4 is 0 Å². The summed E-state index contributed by atoms with van der Waals surface area (Å²) in [5.41, 5.74) is 2.05. The summed E-state index contributed by atoms with van der Waals surface area (Å²) in [6.45, 7) is 6.47. The summed E-state index contributed by atoms with van der Waals surface area (Å²) in [5, 5.41) is 1.71. The number of thioether (sulfide) groups is 1. The van der Waals surface area contributed by atoms with Gasteiger partial charge in [0.1, 0.15) is 5.03 Å². The fraction of sp³-hybridized carbons (Fsp3) is 0.333. The molecule has 0 bridgehead atoms. The number of aromatic nitrogens is 2. The molecular weight excluding hydrogens is 276 g/mol. The number of nitrogens with zero attached hydrogens (tertiary/aromatic N) is 2. The van der Waals surface area contributed by atoms with Gasteiger partial charge in [-0.15, -0.1) is 11.8 Å². The molecule has 19 heavy (non-hydrogen) atoms. The minimum absolute atomic E-state index is 0.00853. The number of hydrogen-bond acceptors (Lipinski definition) is 3. The first kappa shape index (κ1) is 14.4. The van der Waals surface area contributed by atoms with E-state index in [-0.39, 0.29) is 5.41 Å². The average molecular weight is 293 g/mol. The summed E-state index contributed by atoms with van der Waals surface area (Å²) in [4.78, 5) is 9.26. The third kappa shape index (κ3) is 3.48. The predicted octanol–water partition coefficient (Wildman–Crippen LogP) is 4.82. The van der Waals surface area contributed by atoms with Crippen LogP contribution in [-0.4, -0.2) is 16.2 Å². The molecule has 2 nitrogen and oxygen atoms in total. The van der Waals surface area contributed by atoms with Crippen molar-refractivity contribution >= 4 is 23.4 Å². The molecule has 0 unspecified atom stereocenters. The van der Waals surface area contributed by atoms with Gasteiger partial charge in [-0.2, -0.15) is 0 Å². The van der Waals surface area contributed by atoms with Crippen LogP contribution in [0.25, 0.3) is 11.4 Å². The molecule has 1 heterocycles. The van der Waals surface area contributed by atoms with Gasteiger partial charge in [0, 0.05) is 16.0 Å². The lowest BCUT2D eigenvalue weighted by atomic mass is 9.92. The summed E-state index contributed by atoms with van der Waals surface area (Å²) in [7, 11) is 0. The molecular formula is C15H17ClN2S. The van der Waals surface area contributed by atoms with Crippen molar-refractivity contribution in [3.63, 3.8) is 0 Å². The maximum Gasteiger partial charge on any atom is 0.160 e. The molecule has 0 amide bonds. The Balaban J connectivity index is 2.54. The quantitative estimate of drug-likeness (QED) is 0.586. The van der Waals surface area contributed by atoms with Gasteiger partial charge in [0.2, 0.25) is 0 Å². The van der Waals surface area contributed by atoms with E-state index in [0.717, 1.165) is 27.1 Å². The second-order valence-electron chi connectivity index (χ2n) is 5.38. The molecule has 1 aromatic heterocycles. The molecule has 0 saturated carbocycles. The topological polar surface area (TPSA) is 25.8 Å². The molecule has 2 rings (SSSR count). The highest BCUT2D eigenvalue weighted by Crippen LogP contribution is 2.27. The van der Waals surface area contributed by atoms with Gasteiger partial charge in [0.05, 0.1) is 5.69 Å². The van der Waals surface area contributed by atoms with Crippen LogP contribution >= 0.6 is 23.4 Å². The maximum absolute atomic E-state index is 5.92. The predicted molar refractivity (Wildman–Crippen MR) is 83.0 cm³/mol. The zero-order chi connectivity index (χ0) is 14.0. The van der Waals surface area contributed by atoms with Gasteiger partial charge in [0.15, 0.2) is 5.82 Å². The minimum Gasteiger partial charge on any atom is -0.232 e. The van der Waals surface area contributed by atoms with Crippen LogP contribution in [0.5, 0.6) is 0 Å². The summed E-state index contributed by atoms with van der Waals surface area (Å²) in [6, 6.07) is 9.69. The minimum atomic E-state index is 0.00853. The Bertz CT molecular complexity index is 574.